The first-order valence-corrected chi connectivity index (χ1v) is 8.98. The highest BCUT2D eigenvalue weighted by Gasteiger charge is 2.12. The van der Waals surface area contributed by atoms with Gasteiger partial charge in [0.2, 0.25) is 5.91 Å². The number of amides is 1. The van der Waals surface area contributed by atoms with Gasteiger partial charge in [0.25, 0.3) is 0 Å². The summed E-state index contributed by atoms with van der Waals surface area (Å²) >= 11 is 1.53. The van der Waals surface area contributed by atoms with Gasteiger partial charge in [-0.2, -0.15) is 0 Å². The first-order valence-electron chi connectivity index (χ1n) is 8.16. The van der Waals surface area contributed by atoms with Crippen molar-refractivity contribution in [3.05, 3.63) is 39.8 Å². The minimum atomic E-state index is -0.0266. The van der Waals surface area contributed by atoms with Crippen LogP contribution in [0.2, 0.25) is 0 Å². The Morgan fingerprint density at radius 2 is 1.92 bits per heavy atom. The van der Waals surface area contributed by atoms with Crippen molar-refractivity contribution in [2.24, 2.45) is 0 Å². The van der Waals surface area contributed by atoms with Crippen molar-refractivity contribution in [3.8, 4) is 0 Å². The minimum Gasteiger partial charge on any atom is -0.378 e. The van der Waals surface area contributed by atoms with Crippen molar-refractivity contribution in [2.45, 2.75) is 33.8 Å². The van der Waals surface area contributed by atoms with E-state index in [9.17, 15) is 4.79 Å². The summed E-state index contributed by atoms with van der Waals surface area (Å²) in [4.78, 5) is 19.9. The third-order valence-electron chi connectivity index (χ3n) is 3.81. The summed E-state index contributed by atoms with van der Waals surface area (Å²) in [7, 11) is 1.64. The largest absolute Gasteiger partial charge is 0.378 e. The minimum absolute atomic E-state index is 0.0266. The van der Waals surface area contributed by atoms with E-state index in [4.69, 9.17) is 4.74 Å². The molecule has 5 nitrogen and oxygen atoms in total. The van der Waals surface area contributed by atoms with Crippen LogP contribution in [0.5, 0.6) is 0 Å². The number of hydrogen-bond acceptors (Lipinski definition) is 5. The van der Waals surface area contributed by atoms with Gasteiger partial charge in [0.05, 0.1) is 18.7 Å². The zero-order valence-electron chi connectivity index (χ0n) is 14.8. The molecule has 0 unspecified atom stereocenters. The molecule has 2 aromatic rings. The Bertz CT molecular complexity index is 663. The highest BCUT2D eigenvalue weighted by molar-refractivity contribution is 7.11. The number of carbonyl (C=O) groups is 1. The predicted molar refractivity (Wildman–Crippen MR) is 99.9 cm³/mol. The van der Waals surface area contributed by atoms with E-state index < -0.39 is 0 Å². The van der Waals surface area contributed by atoms with Crippen LogP contribution in [0.25, 0.3) is 0 Å². The standard InChI is InChI=1S/C18H25N3O2S/c1-5-21(6-2)15-9-7-14(8-10-15)20-17(22)11-16-13(3)19-18(24-16)12-23-4/h7-10H,5-6,11-12H2,1-4H3,(H,20,22). The van der Waals surface area contributed by atoms with Gasteiger partial charge < -0.3 is 15.0 Å². The second-order valence-corrected chi connectivity index (χ2v) is 6.66. The monoisotopic (exact) mass is 347 g/mol. The molecule has 0 saturated heterocycles. The Hall–Kier alpha value is -1.92. The maximum atomic E-state index is 12.3. The van der Waals surface area contributed by atoms with Crippen LogP contribution >= 0.6 is 11.3 Å². The first kappa shape index (κ1) is 18.4. The Balaban J connectivity index is 1.97. The third-order valence-corrected chi connectivity index (χ3v) is 4.94. The van der Waals surface area contributed by atoms with Crippen LogP contribution in [0.15, 0.2) is 24.3 Å². The summed E-state index contributed by atoms with van der Waals surface area (Å²) < 4.78 is 5.09. The lowest BCUT2D eigenvalue weighted by Crippen LogP contribution is -2.21. The van der Waals surface area contributed by atoms with Crippen molar-refractivity contribution < 1.29 is 9.53 Å². The van der Waals surface area contributed by atoms with Gasteiger partial charge in [0, 0.05) is 36.5 Å². The number of aryl methyl sites for hydroxylation is 1. The van der Waals surface area contributed by atoms with Crippen molar-refractivity contribution in [1.82, 2.24) is 4.98 Å². The number of rotatable bonds is 8. The Morgan fingerprint density at radius 3 is 2.50 bits per heavy atom. The number of anilines is 2. The molecular formula is C18H25N3O2S. The van der Waals surface area contributed by atoms with Gasteiger partial charge in [-0.1, -0.05) is 0 Å². The van der Waals surface area contributed by atoms with E-state index in [1.807, 2.05) is 31.2 Å². The van der Waals surface area contributed by atoms with Crippen molar-refractivity contribution in [2.75, 3.05) is 30.4 Å². The van der Waals surface area contributed by atoms with Gasteiger partial charge in [-0.3, -0.25) is 4.79 Å². The van der Waals surface area contributed by atoms with Gasteiger partial charge in [0.1, 0.15) is 5.01 Å². The van der Waals surface area contributed by atoms with E-state index in [1.165, 1.54) is 17.0 Å². The molecule has 0 aliphatic rings. The smallest absolute Gasteiger partial charge is 0.229 e. The SMILES string of the molecule is CCN(CC)c1ccc(NC(=O)Cc2sc(COC)nc2C)cc1. The van der Waals surface area contributed by atoms with E-state index in [0.717, 1.165) is 34.4 Å². The number of methoxy groups -OCH3 is 1. The quantitative estimate of drug-likeness (QED) is 0.792. The fraction of sp³-hybridized carbons (Fsp3) is 0.444. The Morgan fingerprint density at radius 1 is 1.25 bits per heavy atom. The van der Waals surface area contributed by atoms with Crippen LogP contribution in [0.4, 0.5) is 11.4 Å². The molecule has 130 valence electrons. The van der Waals surface area contributed by atoms with Gasteiger partial charge in [-0.25, -0.2) is 4.98 Å². The van der Waals surface area contributed by atoms with E-state index in [-0.39, 0.29) is 5.91 Å². The molecule has 0 aliphatic carbocycles. The molecule has 0 fully saturated rings. The molecule has 0 spiro atoms. The summed E-state index contributed by atoms with van der Waals surface area (Å²) in [5.41, 5.74) is 2.88. The molecule has 0 bridgehead atoms. The first-order chi connectivity index (χ1) is 11.6. The summed E-state index contributed by atoms with van der Waals surface area (Å²) in [6.07, 6.45) is 0.338. The van der Waals surface area contributed by atoms with Crippen LogP contribution in [-0.2, 0) is 22.6 Å². The molecule has 0 aliphatic heterocycles. The van der Waals surface area contributed by atoms with Crippen LogP contribution in [-0.4, -0.2) is 31.1 Å². The van der Waals surface area contributed by atoms with Crippen LogP contribution in [0, 0.1) is 6.92 Å². The normalized spacial score (nSPS) is 10.7. The molecule has 1 N–H and O–H groups in total. The molecule has 1 heterocycles. The zero-order valence-corrected chi connectivity index (χ0v) is 15.6. The second kappa shape index (κ2) is 8.80. The van der Waals surface area contributed by atoms with Crippen LogP contribution in [0.1, 0.15) is 29.4 Å². The van der Waals surface area contributed by atoms with E-state index in [1.54, 1.807) is 7.11 Å². The number of thiazole rings is 1. The average molecular weight is 347 g/mol. The highest BCUT2D eigenvalue weighted by atomic mass is 32.1. The number of ether oxygens (including phenoxy) is 1. The molecular weight excluding hydrogens is 322 g/mol. The third kappa shape index (κ3) is 4.79. The Kier molecular flexibility index (Phi) is 6.75. The molecule has 1 aromatic carbocycles. The molecule has 0 saturated carbocycles. The maximum absolute atomic E-state index is 12.3. The van der Waals surface area contributed by atoms with Crippen molar-refractivity contribution in [1.29, 1.82) is 0 Å². The number of carbonyl (C=O) groups excluding carboxylic acids is 1. The molecule has 0 atom stereocenters. The second-order valence-electron chi connectivity index (χ2n) is 5.49. The number of aromatic nitrogens is 1. The molecule has 24 heavy (non-hydrogen) atoms. The van der Waals surface area contributed by atoms with Gasteiger partial charge >= 0.3 is 0 Å². The fourth-order valence-electron chi connectivity index (χ4n) is 2.53. The summed E-state index contributed by atoms with van der Waals surface area (Å²) in [5.74, 6) is -0.0266. The Labute approximate surface area is 147 Å². The van der Waals surface area contributed by atoms with E-state index in [0.29, 0.717) is 13.0 Å². The summed E-state index contributed by atoms with van der Waals surface area (Å²) in [6.45, 7) is 8.62. The van der Waals surface area contributed by atoms with Gasteiger partial charge in [0.15, 0.2) is 0 Å². The number of nitrogens with zero attached hydrogens (tertiary/aromatic N) is 2. The fourth-order valence-corrected chi connectivity index (χ4v) is 3.57. The molecule has 6 heteroatoms. The molecule has 0 radical (unpaired) electrons. The molecule has 2 rings (SSSR count). The van der Waals surface area contributed by atoms with E-state index in [2.05, 4.69) is 29.0 Å². The predicted octanol–water partition coefficient (Wildman–Crippen LogP) is 3.63. The lowest BCUT2D eigenvalue weighted by molar-refractivity contribution is -0.115. The molecule has 1 aromatic heterocycles. The summed E-state index contributed by atoms with van der Waals surface area (Å²) in [5, 5.41) is 3.86. The van der Waals surface area contributed by atoms with Crippen molar-refractivity contribution in [3.63, 3.8) is 0 Å². The average Bonchev–Trinajstić information content (AvgIpc) is 2.90. The van der Waals surface area contributed by atoms with E-state index >= 15 is 0 Å². The number of benzene rings is 1. The lowest BCUT2D eigenvalue weighted by Gasteiger charge is -2.21. The lowest BCUT2D eigenvalue weighted by atomic mass is 10.2. The van der Waals surface area contributed by atoms with Crippen molar-refractivity contribution >= 4 is 28.6 Å². The number of nitrogens with one attached hydrogen (secondary N) is 1. The highest BCUT2D eigenvalue weighted by Crippen LogP contribution is 2.21. The summed E-state index contributed by atoms with van der Waals surface area (Å²) in [6, 6.07) is 7.97. The zero-order chi connectivity index (χ0) is 17.5. The van der Waals surface area contributed by atoms with Crippen LogP contribution < -0.4 is 10.2 Å². The maximum Gasteiger partial charge on any atom is 0.229 e. The van der Waals surface area contributed by atoms with Gasteiger partial charge in [-0.15, -0.1) is 11.3 Å². The van der Waals surface area contributed by atoms with Crippen LogP contribution in [0.3, 0.4) is 0 Å². The number of hydrogen-bond donors (Lipinski definition) is 1. The topological polar surface area (TPSA) is 54.5 Å². The van der Waals surface area contributed by atoms with Gasteiger partial charge in [-0.05, 0) is 45.0 Å². The molecule has 1 amide bonds.